The minimum atomic E-state index is -0.749. The molecular weight excluding hydrogens is 298 g/mol. The molecule has 2 N–H and O–H groups in total. The third kappa shape index (κ3) is 4.48. The van der Waals surface area contributed by atoms with Crippen LogP contribution < -0.4 is 14.8 Å². The molecular formula is C17H21NO5. The summed E-state index contributed by atoms with van der Waals surface area (Å²) in [6, 6.07) is 5.39. The van der Waals surface area contributed by atoms with Crippen LogP contribution in [-0.2, 0) is 9.59 Å². The normalized spacial score (nSPS) is 19.9. The molecule has 6 heteroatoms. The maximum atomic E-state index is 11.8. The van der Waals surface area contributed by atoms with Crippen LogP contribution in [-0.4, -0.2) is 37.7 Å². The number of ether oxygens (including phenoxy) is 2. The molecule has 0 aliphatic heterocycles. The molecule has 1 aliphatic carbocycles. The third-order valence-corrected chi connectivity index (χ3v) is 3.98. The van der Waals surface area contributed by atoms with Crippen molar-refractivity contribution in [3.05, 3.63) is 29.8 Å². The van der Waals surface area contributed by atoms with Gasteiger partial charge in [-0.05, 0) is 42.5 Å². The van der Waals surface area contributed by atoms with Crippen molar-refractivity contribution in [2.75, 3.05) is 20.8 Å². The van der Waals surface area contributed by atoms with E-state index in [0.717, 1.165) is 5.56 Å². The average molecular weight is 319 g/mol. The van der Waals surface area contributed by atoms with Crippen LogP contribution in [0.1, 0.15) is 18.4 Å². The highest BCUT2D eigenvalue weighted by atomic mass is 16.5. The minimum Gasteiger partial charge on any atom is -0.493 e. The van der Waals surface area contributed by atoms with Gasteiger partial charge in [0.25, 0.3) is 0 Å². The Morgan fingerprint density at radius 1 is 1.26 bits per heavy atom. The van der Waals surface area contributed by atoms with Gasteiger partial charge < -0.3 is 19.9 Å². The molecule has 0 aromatic heterocycles. The lowest BCUT2D eigenvalue weighted by Gasteiger charge is -2.32. The first kappa shape index (κ1) is 16.9. The van der Waals surface area contributed by atoms with Gasteiger partial charge in [0.2, 0.25) is 5.91 Å². The Bertz CT molecular complexity index is 605. The lowest BCUT2D eigenvalue weighted by molar-refractivity contribution is -0.146. The largest absolute Gasteiger partial charge is 0.493 e. The monoisotopic (exact) mass is 319 g/mol. The number of amides is 1. The van der Waals surface area contributed by atoms with E-state index in [4.69, 9.17) is 14.6 Å². The summed E-state index contributed by atoms with van der Waals surface area (Å²) in [5.41, 5.74) is 0.826. The van der Waals surface area contributed by atoms with E-state index in [1.165, 1.54) is 6.08 Å². The van der Waals surface area contributed by atoms with Gasteiger partial charge in [-0.15, -0.1) is 0 Å². The Hall–Kier alpha value is -2.50. The highest BCUT2D eigenvalue weighted by molar-refractivity contribution is 5.91. The zero-order valence-electron chi connectivity index (χ0n) is 13.2. The molecule has 1 saturated carbocycles. The van der Waals surface area contributed by atoms with E-state index < -0.39 is 5.97 Å². The molecule has 0 heterocycles. The lowest BCUT2D eigenvalue weighted by atomic mass is 9.75. The summed E-state index contributed by atoms with van der Waals surface area (Å²) in [6.07, 6.45) is 4.41. The summed E-state index contributed by atoms with van der Waals surface area (Å²) in [6.45, 7) is 0.513. The highest BCUT2D eigenvalue weighted by Gasteiger charge is 2.34. The molecule has 0 spiro atoms. The van der Waals surface area contributed by atoms with Crippen molar-refractivity contribution in [3.8, 4) is 11.5 Å². The zero-order chi connectivity index (χ0) is 16.8. The second-order valence-electron chi connectivity index (χ2n) is 5.57. The van der Waals surface area contributed by atoms with E-state index in [0.29, 0.717) is 30.9 Å². The predicted molar refractivity (Wildman–Crippen MR) is 85.4 cm³/mol. The first-order valence-corrected chi connectivity index (χ1v) is 7.44. The molecule has 0 bridgehead atoms. The number of carbonyl (C=O) groups excluding carboxylic acids is 1. The van der Waals surface area contributed by atoms with Crippen molar-refractivity contribution in [1.29, 1.82) is 0 Å². The summed E-state index contributed by atoms with van der Waals surface area (Å²) in [7, 11) is 3.12. The number of hydrogen-bond acceptors (Lipinski definition) is 4. The van der Waals surface area contributed by atoms with Crippen molar-refractivity contribution in [2.45, 2.75) is 12.8 Å². The van der Waals surface area contributed by atoms with Gasteiger partial charge in [-0.3, -0.25) is 9.59 Å². The van der Waals surface area contributed by atoms with E-state index in [9.17, 15) is 9.59 Å². The van der Waals surface area contributed by atoms with Crippen LogP contribution in [0.4, 0.5) is 0 Å². The number of aliphatic carboxylic acids is 1. The number of carboxylic acid groups (broad SMARTS) is 1. The molecule has 1 aliphatic rings. The molecule has 6 nitrogen and oxygen atoms in total. The molecule has 2 rings (SSSR count). The number of benzene rings is 1. The van der Waals surface area contributed by atoms with Crippen molar-refractivity contribution < 1.29 is 24.2 Å². The standard InChI is InChI=1S/C17H21NO5/c1-22-14-5-3-11(9-15(14)23-2)4-6-16(19)18-10-12-7-13(8-12)17(20)21/h3-6,9,12-13H,7-8,10H2,1-2H3,(H,18,19)(H,20,21). The highest BCUT2D eigenvalue weighted by Crippen LogP contribution is 2.33. The van der Waals surface area contributed by atoms with Crippen LogP contribution in [0, 0.1) is 11.8 Å². The number of rotatable bonds is 7. The first-order chi connectivity index (χ1) is 11.0. The number of hydrogen-bond donors (Lipinski definition) is 2. The first-order valence-electron chi connectivity index (χ1n) is 7.44. The number of carbonyl (C=O) groups is 2. The summed E-state index contributed by atoms with van der Waals surface area (Å²) >= 11 is 0. The predicted octanol–water partition coefficient (Wildman–Crippen LogP) is 1.94. The van der Waals surface area contributed by atoms with Gasteiger partial charge in [0.05, 0.1) is 20.1 Å². The van der Waals surface area contributed by atoms with E-state index >= 15 is 0 Å². The summed E-state index contributed by atoms with van der Waals surface area (Å²) < 4.78 is 10.4. The summed E-state index contributed by atoms with van der Waals surface area (Å²) in [4.78, 5) is 22.5. The van der Waals surface area contributed by atoms with Crippen molar-refractivity contribution in [2.24, 2.45) is 11.8 Å². The Labute approximate surface area is 135 Å². The Morgan fingerprint density at radius 3 is 2.57 bits per heavy atom. The van der Waals surface area contributed by atoms with Crippen molar-refractivity contribution in [1.82, 2.24) is 5.32 Å². The zero-order valence-corrected chi connectivity index (χ0v) is 13.2. The van der Waals surface area contributed by atoms with Gasteiger partial charge >= 0.3 is 5.97 Å². The van der Waals surface area contributed by atoms with Gasteiger partial charge in [-0.2, -0.15) is 0 Å². The van der Waals surface area contributed by atoms with Crippen LogP contribution in [0.3, 0.4) is 0 Å². The molecule has 1 amide bonds. The SMILES string of the molecule is COc1ccc(C=CC(=O)NCC2CC(C(=O)O)C2)cc1OC. The fourth-order valence-corrected chi connectivity index (χ4v) is 2.54. The fraction of sp³-hybridized carbons (Fsp3) is 0.412. The number of carboxylic acids is 1. The molecule has 0 saturated heterocycles. The molecule has 1 aromatic carbocycles. The van der Waals surface area contributed by atoms with E-state index in [1.807, 2.05) is 6.07 Å². The van der Waals surface area contributed by atoms with Gasteiger partial charge in [0.15, 0.2) is 11.5 Å². The molecule has 0 radical (unpaired) electrons. The van der Waals surface area contributed by atoms with Crippen LogP contribution >= 0.6 is 0 Å². The second-order valence-corrected chi connectivity index (χ2v) is 5.57. The van der Waals surface area contributed by atoms with Gasteiger partial charge in [0.1, 0.15) is 0 Å². The lowest BCUT2D eigenvalue weighted by Crippen LogP contribution is -2.38. The molecule has 23 heavy (non-hydrogen) atoms. The smallest absolute Gasteiger partial charge is 0.306 e. The van der Waals surface area contributed by atoms with Crippen LogP contribution in [0.5, 0.6) is 11.5 Å². The Morgan fingerprint density at radius 2 is 1.96 bits per heavy atom. The number of methoxy groups -OCH3 is 2. The van der Waals surface area contributed by atoms with Crippen LogP contribution in [0.25, 0.3) is 6.08 Å². The van der Waals surface area contributed by atoms with Crippen LogP contribution in [0.15, 0.2) is 24.3 Å². The average Bonchev–Trinajstić information content (AvgIpc) is 2.50. The molecule has 1 aromatic rings. The Balaban J connectivity index is 1.81. The van der Waals surface area contributed by atoms with Crippen molar-refractivity contribution in [3.63, 3.8) is 0 Å². The summed E-state index contributed by atoms with van der Waals surface area (Å²) in [5, 5.41) is 11.6. The maximum absolute atomic E-state index is 11.8. The topological polar surface area (TPSA) is 84.9 Å². The molecule has 0 atom stereocenters. The van der Waals surface area contributed by atoms with Gasteiger partial charge in [0, 0.05) is 12.6 Å². The molecule has 1 fully saturated rings. The number of nitrogens with one attached hydrogen (secondary N) is 1. The third-order valence-electron chi connectivity index (χ3n) is 3.98. The quantitative estimate of drug-likeness (QED) is 0.750. The second kappa shape index (κ2) is 7.67. The fourth-order valence-electron chi connectivity index (χ4n) is 2.54. The van der Waals surface area contributed by atoms with E-state index in [-0.39, 0.29) is 17.7 Å². The Kier molecular flexibility index (Phi) is 5.62. The van der Waals surface area contributed by atoms with Gasteiger partial charge in [-0.1, -0.05) is 6.07 Å². The maximum Gasteiger partial charge on any atom is 0.306 e. The molecule has 0 unspecified atom stereocenters. The van der Waals surface area contributed by atoms with Crippen LogP contribution in [0.2, 0.25) is 0 Å². The summed E-state index contributed by atoms with van der Waals surface area (Å²) in [5.74, 6) is 0.296. The minimum absolute atomic E-state index is 0.196. The van der Waals surface area contributed by atoms with E-state index in [1.54, 1.807) is 32.4 Å². The van der Waals surface area contributed by atoms with Crippen molar-refractivity contribution >= 4 is 18.0 Å². The van der Waals surface area contributed by atoms with Gasteiger partial charge in [-0.25, -0.2) is 0 Å². The molecule has 124 valence electrons. The van der Waals surface area contributed by atoms with E-state index in [2.05, 4.69) is 5.32 Å².